The van der Waals surface area contributed by atoms with E-state index in [0.29, 0.717) is 0 Å². The molecule has 1 aromatic carbocycles. The molecule has 0 radical (unpaired) electrons. The Labute approximate surface area is 73.0 Å². The minimum Gasteiger partial charge on any atom is -0.399 e. The third kappa shape index (κ3) is 1.77. The maximum atomic E-state index is 8.81. The number of rotatable bonds is 2. The highest BCUT2D eigenvalue weighted by molar-refractivity contribution is 5.48. The van der Waals surface area contributed by atoms with Gasteiger partial charge in [-0.25, -0.2) is 0 Å². The van der Waals surface area contributed by atoms with Crippen LogP contribution in [-0.4, -0.2) is 11.7 Å². The molecule has 1 rings (SSSR count). The van der Waals surface area contributed by atoms with E-state index in [1.54, 1.807) is 0 Å². The molecule has 0 fully saturated rings. The van der Waals surface area contributed by atoms with E-state index in [9.17, 15) is 0 Å². The number of nitrogens with two attached hydrogens (primary N) is 1. The molecular formula is C10H15NO. The highest BCUT2D eigenvalue weighted by Crippen LogP contribution is 2.18. The van der Waals surface area contributed by atoms with Crippen LogP contribution in [0, 0.1) is 13.8 Å². The second-order valence-electron chi connectivity index (χ2n) is 3.11. The lowest BCUT2D eigenvalue weighted by Gasteiger charge is -2.09. The van der Waals surface area contributed by atoms with E-state index in [-0.39, 0.29) is 6.61 Å². The van der Waals surface area contributed by atoms with Crippen LogP contribution in [0.1, 0.15) is 16.7 Å². The van der Waals surface area contributed by atoms with Crippen molar-refractivity contribution in [3.63, 3.8) is 0 Å². The molecule has 0 spiro atoms. The highest BCUT2D eigenvalue weighted by Gasteiger charge is 2.02. The molecule has 0 unspecified atom stereocenters. The third-order valence-electron chi connectivity index (χ3n) is 2.08. The van der Waals surface area contributed by atoms with Gasteiger partial charge in [0.2, 0.25) is 0 Å². The molecule has 1 aromatic rings. The fraction of sp³-hybridized carbons (Fsp3) is 0.400. The fourth-order valence-electron chi connectivity index (χ4n) is 1.53. The molecule has 0 bridgehead atoms. The van der Waals surface area contributed by atoms with Gasteiger partial charge in [-0.3, -0.25) is 0 Å². The van der Waals surface area contributed by atoms with Gasteiger partial charge < -0.3 is 10.8 Å². The summed E-state index contributed by atoms with van der Waals surface area (Å²) in [6.45, 7) is 4.24. The largest absolute Gasteiger partial charge is 0.399 e. The minimum atomic E-state index is 0.200. The van der Waals surface area contributed by atoms with Crippen molar-refractivity contribution in [1.29, 1.82) is 0 Å². The van der Waals surface area contributed by atoms with Crippen molar-refractivity contribution in [1.82, 2.24) is 0 Å². The van der Waals surface area contributed by atoms with Gasteiger partial charge in [0.1, 0.15) is 0 Å². The Morgan fingerprint density at radius 1 is 1.25 bits per heavy atom. The van der Waals surface area contributed by atoms with Crippen LogP contribution in [0.5, 0.6) is 0 Å². The Kier molecular flexibility index (Phi) is 2.71. The molecule has 0 saturated carbocycles. The average molecular weight is 165 g/mol. The van der Waals surface area contributed by atoms with Crippen molar-refractivity contribution < 1.29 is 5.11 Å². The molecule has 0 atom stereocenters. The summed E-state index contributed by atoms with van der Waals surface area (Å²) >= 11 is 0. The molecule has 2 nitrogen and oxygen atoms in total. The number of nitrogen functional groups attached to an aromatic ring is 1. The molecule has 2 heteroatoms. The van der Waals surface area contributed by atoms with Gasteiger partial charge in [-0.2, -0.15) is 0 Å². The number of hydrogen-bond donors (Lipinski definition) is 2. The monoisotopic (exact) mass is 165 g/mol. The van der Waals surface area contributed by atoms with Gasteiger partial charge in [0.05, 0.1) is 0 Å². The molecule has 66 valence electrons. The number of aliphatic hydroxyl groups excluding tert-OH is 1. The Bertz CT molecular complexity index is 258. The normalized spacial score (nSPS) is 10.2. The first-order valence-electron chi connectivity index (χ1n) is 4.11. The van der Waals surface area contributed by atoms with Gasteiger partial charge >= 0.3 is 0 Å². The van der Waals surface area contributed by atoms with Gasteiger partial charge in [-0.1, -0.05) is 0 Å². The van der Waals surface area contributed by atoms with Crippen molar-refractivity contribution in [2.24, 2.45) is 0 Å². The first-order valence-corrected chi connectivity index (χ1v) is 4.11. The average Bonchev–Trinajstić information content (AvgIpc) is 1.96. The zero-order chi connectivity index (χ0) is 9.14. The van der Waals surface area contributed by atoms with Gasteiger partial charge in [0, 0.05) is 12.3 Å². The molecule has 12 heavy (non-hydrogen) atoms. The van der Waals surface area contributed by atoms with Crippen LogP contribution >= 0.6 is 0 Å². The SMILES string of the molecule is Cc1cc(N)cc(C)c1CCO. The standard InChI is InChI=1S/C10H15NO/c1-7-5-9(11)6-8(2)10(7)3-4-12/h5-6,12H,3-4,11H2,1-2H3. The Balaban J connectivity index is 3.10. The van der Waals surface area contributed by atoms with E-state index < -0.39 is 0 Å². The van der Waals surface area contributed by atoms with Crippen molar-refractivity contribution >= 4 is 5.69 Å². The van der Waals surface area contributed by atoms with Crippen LogP contribution in [0.15, 0.2) is 12.1 Å². The Hall–Kier alpha value is -1.02. The number of benzene rings is 1. The molecule has 0 aliphatic carbocycles. The van der Waals surface area contributed by atoms with Crippen LogP contribution in [-0.2, 0) is 6.42 Å². The van der Waals surface area contributed by atoms with Crippen LogP contribution in [0.25, 0.3) is 0 Å². The Morgan fingerprint density at radius 2 is 1.75 bits per heavy atom. The van der Waals surface area contributed by atoms with Gasteiger partial charge in [-0.15, -0.1) is 0 Å². The van der Waals surface area contributed by atoms with E-state index in [1.165, 1.54) is 16.7 Å². The first-order chi connectivity index (χ1) is 5.65. The van der Waals surface area contributed by atoms with Crippen molar-refractivity contribution in [2.75, 3.05) is 12.3 Å². The summed E-state index contributed by atoms with van der Waals surface area (Å²) in [5.74, 6) is 0. The van der Waals surface area contributed by atoms with Crippen LogP contribution in [0.4, 0.5) is 5.69 Å². The molecule has 3 N–H and O–H groups in total. The summed E-state index contributed by atoms with van der Waals surface area (Å²) in [5.41, 5.74) is 10.0. The summed E-state index contributed by atoms with van der Waals surface area (Å²) in [5, 5.41) is 8.81. The molecule has 0 amide bonds. The molecule has 0 aliphatic heterocycles. The summed E-state index contributed by atoms with van der Waals surface area (Å²) in [6.07, 6.45) is 0.720. The van der Waals surface area contributed by atoms with E-state index in [1.807, 2.05) is 26.0 Å². The van der Waals surface area contributed by atoms with E-state index in [0.717, 1.165) is 12.1 Å². The highest BCUT2D eigenvalue weighted by atomic mass is 16.2. The molecule has 0 heterocycles. The minimum absolute atomic E-state index is 0.200. The topological polar surface area (TPSA) is 46.2 Å². The zero-order valence-corrected chi connectivity index (χ0v) is 7.59. The van der Waals surface area contributed by atoms with Crippen molar-refractivity contribution in [2.45, 2.75) is 20.3 Å². The Morgan fingerprint density at radius 3 is 2.17 bits per heavy atom. The number of anilines is 1. The van der Waals surface area contributed by atoms with E-state index in [4.69, 9.17) is 10.8 Å². The molecule has 0 aliphatic rings. The van der Waals surface area contributed by atoms with Gasteiger partial charge in [0.15, 0.2) is 0 Å². The summed E-state index contributed by atoms with van der Waals surface area (Å²) in [4.78, 5) is 0. The second-order valence-corrected chi connectivity index (χ2v) is 3.11. The van der Waals surface area contributed by atoms with Gasteiger partial charge in [-0.05, 0) is 49.1 Å². The van der Waals surface area contributed by atoms with Crippen LogP contribution < -0.4 is 5.73 Å². The van der Waals surface area contributed by atoms with Crippen molar-refractivity contribution in [3.8, 4) is 0 Å². The molecule has 0 aromatic heterocycles. The lowest BCUT2D eigenvalue weighted by molar-refractivity contribution is 0.299. The fourth-order valence-corrected chi connectivity index (χ4v) is 1.53. The molecular weight excluding hydrogens is 150 g/mol. The zero-order valence-electron chi connectivity index (χ0n) is 7.59. The maximum Gasteiger partial charge on any atom is 0.0471 e. The summed E-state index contributed by atoms with van der Waals surface area (Å²) in [6, 6.07) is 3.88. The summed E-state index contributed by atoms with van der Waals surface area (Å²) < 4.78 is 0. The lowest BCUT2D eigenvalue weighted by Crippen LogP contribution is -1.99. The molecule has 0 saturated heterocycles. The predicted molar refractivity (Wildman–Crippen MR) is 51.1 cm³/mol. The maximum absolute atomic E-state index is 8.81. The van der Waals surface area contributed by atoms with E-state index in [2.05, 4.69) is 0 Å². The number of hydrogen-bond acceptors (Lipinski definition) is 2. The van der Waals surface area contributed by atoms with Crippen LogP contribution in [0.3, 0.4) is 0 Å². The van der Waals surface area contributed by atoms with Crippen molar-refractivity contribution in [3.05, 3.63) is 28.8 Å². The quantitative estimate of drug-likeness (QED) is 0.651. The predicted octanol–water partition coefficient (Wildman–Crippen LogP) is 1.42. The van der Waals surface area contributed by atoms with Gasteiger partial charge in [0.25, 0.3) is 0 Å². The number of aliphatic hydroxyl groups is 1. The smallest absolute Gasteiger partial charge is 0.0471 e. The third-order valence-corrected chi connectivity index (χ3v) is 2.08. The second kappa shape index (κ2) is 3.59. The lowest BCUT2D eigenvalue weighted by atomic mass is 9.99. The van der Waals surface area contributed by atoms with Crippen LogP contribution in [0.2, 0.25) is 0 Å². The number of aryl methyl sites for hydroxylation is 2. The first kappa shape index (κ1) is 9.07. The summed E-state index contributed by atoms with van der Waals surface area (Å²) in [7, 11) is 0. The van der Waals surface area contributed by atoms with E-state index >= 15 is 0 Å².